The lowest BCUT2D eigenvalue weighted by atomic mass is 10.1. The third-order valence-corrected chi connectivity index (χ3v) is 2.78. The molecule has 0 N–H and O–H groups in total. The second-order valence-electron chi connectivity index (χ2n) is 4.18. The fraction of sp³-hybridized carbons (Fsp3) is 0.0769. The van der Waals surface area contributed by atoms with Gasteiger partial charge in [0.1, 0.15) is 5.82 Å². The maximum absolute atomic E-state index is 12.8. The van der Waals surface area contributed by atoms with Crippen LogP contribution in [0.2, 0.25) is 0 Å². The van der Waals surface area contributed by atoms with E-state index in [1.165, 1.54) is 29.1 Å². The second-order valence-corrected chi connectivity index (χ2v) is 4.18. The molecule has 2 aromatic heterocycles. The van der Waals surface area contributed by atoms with Gasteiger partial charge in [-0.05, 0) is 24.3 Å². The standard InChI is InChI=1S/C13H7F4N3/c14-10-3-4-12(18-6-10)20-7-8-1-2-9(13(15,16)17)5-11(8)19-20/h1-7H. The van der Waals surface area contributed by atoms with Gasteiger partial charge < -0.3 is 0 Å². The molecule has 0 atom stereocenters. The molecule has 102 valence electrons. The molecule has 0 amide bonds. The molecule has 1 aromatic carbocycles. The van der Waals surface area contributed by atoms with Crippen LogP contribution in [0, 0.1) is 5.82 Å². The Hall–Kier alpha value is -2.44. The van der Waals surface area contributed by atoms with Gasteiger partial charge in [0.05, 0.1) is 17.3 Å². The smallest absolute Gasteiger partial charge is 0.234 e. The number of alkyl halides is 3. The number of nitrogens with zero attached hydrogens (tertiary/aromatic N) is 3. The summed E-state index contributed by atoms with van der Waals surface area (Å²) in [5, 5.41) is 4.56. The second kappa shape index (κ2) is 4.29. The van der Waals surface area contributed by atoms with Crippen molar-refractivity contribution in [2.75, 3.05) is 0 Å². The predicted molar refractivity (Wildman–Crippen MR) is 63.8 cm³/mol. The summed E-state index contributed by atoms with van der Waals surface area (Å²) in [4.78, 5) is 3.82. The Bertz CT molecular complexity index is 759. The fourth-order valence-corrected chi connectivity index (χ4v) is 1.81. The van der Waals surface area contributed by atoms with Crippen LogP contribution in [0.1, 0.15) is 5.56 Å². The zero-order valence-electron chi connectivity index (χ0n) is 9.89. The van der Waals surface area contributed by atoms with Crippen LogP contribution >= 0.6 is 0 Å². The molecule has 0 aliphatic carbocycles. The molecule has 0 unspecified atom stereocenters. The molecule has 7 heteroatoms. The van der Waals surface area contributed by atoms with Crippen molar-refractivity contribution in [1.29, 1.82) is 0 Å². The molecule has 0 spiro atoms. The van der Waals surface area contributed by atoms with Crippen LogP contribution < -0.4 is 0 Å². The van der Waals surface area contributed by atoms with Crippen molar-refractivity contribution >= 4 is 10.9 Å². The summed E-state index contributed by atoms with van der Waals surface area (Å²) in [5.74, 6) is -0.166. The fourth-order valence-electron chi connectivity index (χ4n) is 1.81. The van der Waals surface area contributed by atoms with E-state index in [2.05, 4.69) is 10.1 Å². The number of fused-ring (bicyclic) bond motifs is 1. The van der Waals surface area contributed by atoms with Gasteiger partial charge in [-0.25, -0.2) is 14.1 Å². The van der Waals surface area contributed by atoms with Gasteiger partial charge in [0.2, 0.25) is 0 Å². The summed E-state index contributed by atoms with van der Waals surface area (Å²) in [6, 6.07) is 5.90. The van der Waals surface area contributed by atoms with Gasteiger partial charge in [-0.3, -0.25) is 0 Å². The molecule has 2 heterocycles. The highest BCUT2D eigenvalue weighted by Crippen LogP contribution is 2.31. The first kappa shape index (κ1) is 12.6. The SMILES string of the molecule is Fc1ccc(-n2cc3ccc(C(F)(F)F)cc3n2)nc1. The van der Waals surface area contributed by atoms with Gasteiger partial charge in [-0.1, -0.05) is 6.07 Å². The highest BCUT2D eigenvalue weighted by atomic mass is 19.4. The molecule has 3 rings (SSSR count). The minimum Gasteiger partial charge on any atom is -0.234 e. The molecule has 0 saturated carbocycles. The molecule has 20 heavy (non-hydrogen) atoms. The van der Waals surface area contributed by atoms with Crippen LogP contribution in [0.4, 0.5) is 17.6 Å². The molecule has 3 aromatic rings. The molecular weight excluding hydrogens is 274 g/mol. The van der Waals surface area contributed by atoms with Crippen molar-refractivity contribution in [3.05, 3.63) is 54.1 Å². The normalized spacial score (nSPS) is 12.0. The molecular formula is C13H7F4N3. The van der Waals surface area contributed by atoms with E-state index in [1.54, 1.807) is 0 Å². The molecule has 3 nitrogen and oxygen atoms in total. The van der Waals surface area contributed by atoms with Gasteiger partial charge >= 0.3 is 6.18 Å². The number of halogens is 4. The van der Waals surface area contributed by atoms with Gasteiger partial charge in [0, 0.05) is 11.6 Å². The molecule has 0 aliphatic rings. The summed E-state index contributed by atoms with van der Waals surface area (Å²) in [6.45, 7) is 0. The molecule has 0 radical (unpaired) electrons. The van der Waals surface area contributed by atoms with Crippen molar-refractivity contribution in [3.63, 3.8) is 0 Å². The minimum absolute atomic E-state index is 0.200. The summed E-state index contributed by atoms with van der Waals surface area (Å²) in [6.07, 6.45) is -1.86. The topological polar surface area (TPSA) is 30.7 Å². The highest BCUT2D eigenvalue weighted by Gasteiger charge is 2.30. The average molecular weight is 281 g/mol. The van der Waals surface area contributed by atoms with E-state index in [4.69, 9.17) is 0 Å². The van der Waals surface area contributed by atoms with Crippen LogP contribution in [0.15, 0.2) is 42.7 Å². The summed E-state index contributed by atoms with van der Waals surface area (Å²) in [5.41, 5.74) is -0.562. The van der Waals surface area contributed by atoms with E-state index in [-0.39, 0.29) is 5.52 Å². The lowest BCUT2D eigenvalue weighted by Gasteiger charge is -2.04. The third-order valence-electron chi connectivity index (χ3n) is 2.78. The van der Waals surface area contributed by atoms with Crippen LogP contribution in [-0.2, 0) is 6.18 Å². The Kier molecular flexibility index (Phi) is 2.70. The van der Waals surface area contributed by atoms with E-state index < -0.39 is 17.6 Å². The number of hydrogen-bond acceptors (Lipinski definition) is 2. The van der Waals surface area contributed by atoms with E-state index >= 15 is 0 Å². The first-order chi connectivity index (χ1) is 9.43. The third kappa shape index (κ3) is 2.22. The summed E-state index contributed by atoms with van der Waals surface area (Å²) >= 11 is 0. The summed E-state index contributed by atoms with van der Waals surface area (Å²) < 4.78 is 51.9. The Labute approximate surface area is 110 Å². The van der Waals surface area contributed by atoms with E-state index in [1.807, 2.05) is 0 Å². The number of hydrogen-bond donors (Lipinski definition) is 0. The zero-order chi connectivity index (χ0) is 14.3. The molecule has 0 bridgehead atoms. The van der Waals surface area contributed by atoms with E-state index in [0.29, 0.717) is 11.2 Å². The van der Waals surface area contributed by atoms with Crippen molar-refractivity contribution < 1.29 is 17.6 Å². The zero-order valence-corrected chi connectivity index (χ0v) is 9.89. The maximum atomic E-state index is 12.8. The largest absolute Gasteiger partial charge is 0.416 e. The van der Waals surface area contributed by atoms with E-state index in [0.717, 1.165) is 18.3 Å². The number of pyridine rings is 1. The van der Waals surface area contributed by atoms with E-state index in [9.17, 15) is 17.6 Å². The number of benzene rings is 1. The monoisotopic (exact) mass is 281 g/mol. The quantitative estimate of drug-likeness (QED) is 0.638. The van der Waals surface area contributed by atoms with Crippen LogP contribution in [0.5, 0.6) is 0 Å². The van der Waals surface area contributed by atoms with Crippen LogP contribution in [0.3, 0.4) is 0 Å². The first-order valence-electron chi connectivity index (χ1n) is 5.62. The molecule has 0 saturated heterocycles. The predicted octanol–water partition coefficient (Wildman–Crippen LogP) is 3.58. The highest BCUT2D eigenvalue weighted by molar-refractivity contribution is 5.79. The van der Waals surface area contributed by atoms with Crippen LogP contribution in [0.25, 0.3) is 16.7 Å². The van der Waals surface area contributed by atoms with Crippen molar-refractivity contribution in [3.8, 4) is 5.82 Å². The lowest BCUT2D eigenvalue weighted by Crippen LogP contribution is -2.04. The van der Waals surface area contributed by atoms with Gasteiger partial charge in [0.25, 0.3) is 0 Å². The van der Waals surface area contributed by atoms with Gasteiger partial charge in [-0.2, -0.15) is 18.3 Å². The number of aromatic nitrogens is 3. The Morgan fingerprint density at radius 3 is 2.50 bits per heavy atom. The maximum Gasteiger partial charge on any atom is 0.416 e. The first-order valence-corrected chi connectivity index (χ1v) is 5.62. The van der Waals surface area contributed by atoms with Crippen molar-refractivity contribution in [2.45, 2.75) is 6.18 Å². The van der Waals surface area contributed by atoms with Crippen LogP contribution in [-0.4, -0.2) is 14.8 Å². The lowest BCUT2D eigenvalue weighted by molar-refractivity contribution is -0.137. The van der Waals surface area contributed by atoms with Gasteiger partial charge in [-0.15, -0.1) is 0 Å². The molecule has 0 fully saturated rings. The van der Waals surface area contributed by atoms with Crippen molar-refractivity contribution in [1.82, 2.24) is 14.8 Å². The Morgan fingerprint density at radius 2 is 1.85 bits per heavy atom. The van der Waals surface area contributed by atoms with Crippen molar-refractivity contribution in [2.24, 2.45) is 0 Å². The average Bonchev–Trinajstić information content (AvgIpc) is 2.81. The Morgan fingerprint density at radius 1 is 1.05 bits per heavy atom. The Balaban J connectivity index is 2.09. The van der Waals surface area contributed by atoms with Gasteiger partial charge in [0.15, 0.2) is 5.82 Å². The molecule has 0 aliphatic heterocycles. The minimum atomic E-state index is -4.41. The number of rotatable bonds is 1. The summed E-state index contributed by atoms with van der Waals surface area (Å²) in [7, 11) is 0.